The molecule has 1 aromatic heterocycles. The van der Waals surface area contributed by atoms with Gasteiger partial charge in [-0.05, 0) is 40.9 Å². The van der Waals surface area contributed by atoms with E-state index in [9.17, 15) is 8.42 Å². The van der Waals surface area contributed by atoms with E-state index < -0.39 is 10.0 Å². The molecule has 0 radical (unpaired) electrons. The van der Waals surface area contributed by atoms with E-state index in [-0.39, 0.29) is 5.75 Å². The summed E-state index contributed by atoms with van der Waals surface area (Å²) in [5, 5.41) is 0. The van der Waals surface area contributed by atoms with Crippen molar-refractivity contribution in [1.82, 2.24) is 4.72 Å². The van der Waals surface area contributed by atoms with Gasteiger partial charge in [0.05, 0.1) is 9.54 Å². The minimum absolute atomic E-state index is 0.102. The molecule has 0 amide bonds. The van der Waals surface area contributed by atoms with Crippen LogP contribution in [-0.4, -0.2) is 26.6 Å². The standard InChI is InChI=1S/C9H13BrClNO2S2/c10-9-3-2-8(15-9)4-6-12-16(13,14)7-1-5-11/h2-3,12H,1,4-7H2. The molecule has 0 bridgehead atoms. The van der Waals surface area contributed by atoms with Gasteiger partial charge >= 0.3 is 0 Å². The first-order valence-electron chi connectivity index (χ1n) is 4.81. The van der Waals surface area contributed by atoms with Crippen LogP contribution in [0.4, 0.5) is 0 Å². The normalized spacial score (nSPS) is 11.9. The molecule has 3 nitrogen and oxygen atoms in total. The first kappa shape index (κ1) is 14.4. The lowest BCUT2D eigenvalue weighted by molar-refractivity contribution is 0.580. The first-order valence-corrected chi connectivity index (χ1v) is 8.60. The van der Waals surface area contributed by atoms with E-state index >= 15 is 0 Å². The first-order chi connectivity index (χ1) is 7.53. The fourth-order valence-electron chi connectivity index (χ4n) is 1.13. The SMILES string of the molecule is O=S(=O)(CCCCl)NCCc1ccc(Br)s1. The molecule has 0 fully saturated rings. The molecule has 0 aliphatic heterocycles. The van der Waals surface area contributed by atoms with Gasteiger partial charge in [0.15, 0.2) is 0 Å². The largest absolute Gasteiger partial charge is 0.215 e. The number of hydrogen-bond acceptors (Lipinski definition) is 3. The van der Waals surface area contributed by atoms with Gasteiger partial charge in [0.2, 0.25) is 10.0 Å². The van der Waals surface area contributed by atoms with E-state index in [1.165, 1.54) is 0 Å². The fourth-order valence-corrected chi connectivity index (χ4v) is 3.99. The van der Waals surface area contributed by atoms with Crippen molar-refractivity contribution in [2.75, 3.05) is 18.2 Å². The van der Waals surface area contributed by atoms with Crippen LogP contribution in [0.25, 0.3) is 0 Å². The lowest BCUT2D eigenvalue weighted by Gasteiger charge is -2.04. The summed E-state index contributed by atoms with van der Waals surface area (Å²) < 4.78 is 26.4. The number of halogens is 2. The van der Waals surface area contributed by atoms with Gasteiger partial charge in [0, 0.05) is 17.3 Å². The molecule has 0 unspecified atom stereocenters. The molecule has 7 heteroatoms. The third-order valence-electron chi connectivity index (χ3n) is 1.87. The number of sulfonamides is 1. The summed E-state index contributed by atoms with van der Waals surface area (Å²) in [5.41, 5.74) is 0. The average molecular weight is 347 g/mol. The molecular weight excluding hydrogens is 334 g/mol. The second-order valence-corrected chi connectivity index (χ2v) is 8.06. The number of hydrogen-bond donors (Lipinski definition) is 1. The number of alkyl halides is 1. The van der Waals surface area contributed by atoms with Gasteiger partial charge in [-0.1, -0.05) is 0 Å². The van der Waals surface area contributed by atoms with Crippen molar-refractivity contribution in [3.63, 3.8) is 0 Å². The van der Waals surface area contributed by atoms with Crippen molar-refractivity contribution >= 4 is 48.9 Å². The van der Waals surface area contributed by atoms with Gasteiger partial charge < -0.3 is 0 Å². The molecule has 92 valence electrons. The Morgan fingerprint density at radius 1 is 1.44 bits per heavy atom. The maximum atomic E-state index is 11.4. The third-order valence-corrected chi connectivity index (χ3v) is 5.29. The Hall–Kier alpha value is 0.380. The van der Waals surface area contributed by atoms with Crippen LogP contribution in [0, 0.1) is 0 Å². The van der Waals surface area contributed by atoms with Crippen LogP contribution in [0.1, 0.15) is 11.3 Å². The Labute approximate surface area is 113 Å². The van der Waals surface area contributed by atoms with Crippen molar-refractivity contribution < 1.29 is 8.42 Å². The Morgan fingerprint density at radius 2 is 2.19 bits per heavy atom. The van der Waals surface area contributed by atoms with Crippen LogP contribution >= 0.6 is 38.9 Å². The summed E-state index contributed by atoms with van der Waals surface area (Å²) in [5.74, 6) is 0.476. The van der Waals surface area contributed by atoms with Crippen LogP contribution in [0.2, 0.25) is 0 Å². The van der Waals surface area contributed by atoms with Gasteiger partial charge in [-0.15, -0.1) is 22.9 Å². The Kier molecular flexibility index (Phi) is 6.28. The predicted molar refractivity (Wildman–Crippen MR) is 72.8 cm³/mol. The van der Waals surface area contributed by atoms with E-state index in [2.05, 4.69) is 20.7 Å². The van der Waals surface area contributed by atoms with Gasteiger partial charge in [-0.2, -0.15) is 0 Å². The second-order valence-electron chi connectivity index (χ2n) is 3.21. The molecule has 0 spiro atoms. The highest BCUT2D eigenvalue weighted by molar-refractivity contribution is 9.11. The Balaban J connectivity index is 2.29. The summed E-state index contributed by atoms with van der Waals surface area (Å²) in [6.45, 7) is 0.442. The van der Waals surface area contributed by atoms with Crippen LogP contribution < -0.4 is 4.72 Å². The second kappa shape index (κ2) is 6.96. The molecule has 16 heavy (non-hydrogen) atoms. The molecule has 0 saturated heterocycles. The van der Waals surface area contributed by atoms with Crippen molar-refractivity contribution in [3.05, 3.63) is 20.8 Å². The summed E-state index contributed by atoms with van der Waals surface area (Å²) >= 11 is 10.4. The van der Waals surface area contributed by atoms with Crippen molar-refractivity contribution in [2.45, 2.75) is 12.8 Å². The van der Waals surface area contributed by atoms with Crippen LogP contribution in [0.15, 0.2) is 15.9 Å². The maximum Gasteiger partial charge on any atom is 0.211 e. The average Bonchev–Trinajstić information content (AvgIpc) is 2.61. The highest BCUT2D eigenvalue weighted by atomic mass is 79.9. The molecule has 0 atom stereocenters. The van der Waals surface area contributed by atoms with Gasteiger partial charge in [-0.3, -0.25) is 0 Å². The van der Waals surface area contributed by atoms with Crippen molar-refractivity contribution in [3.8, 4) is 0 Å². The van der Waals surface area contributed by atoms with Crippen molar-refractivity contribution in [2.24, 2.45) is 0 Å². The summed E-state index contributed by atoms with van der Waals surface area (Å²) in [6, 6.07) is 3.95. The molecule has 0 aromatic carbocycles. The smallest absolute Gasteiger partial charge is 0.211 e. The van der Waals surface area contributed by atoms with Crippen LogP contribution in [0.3, 0.4) is 0 Å². The zero-order valence-electron chi connectivity index (χ0n) is 8.58. The molecule has 0 aliphatic rings. The van der Waals surface area contributed by atoms with Gasteiger partial charge in [-0.25, -0.2) is 13.1 Å². The van der Waals surface area contributed by atoms with Gasteiger partial charge in [0.1, 0.15) is 0 Å². The zero-order chi connectivity index (χ0) is 12.0. The topological polar surface area (TPSA) is 46.2 Å². The maximum absolute atomic E-state index is 11.4. The van der Waals surface area contributed by atoms with E-state index in [4.69, 9.17) is 11.6 Å². The van der Waals surface area contributed by atoms with E-state index in [0.717, 1.165) is 15.1 Å². The monoisotopic (exact) mass is 345 g/mol. The fraction of sp³-hybridized carbons (Fsp3) is 0.556. The Morgan fingerprint density at radius 3 is 2.75 bits per heavy atom. The molecular formula is C9H13BrClNO2S2. The lowest BCUT2D eigenvalue weighted by Crippen LogP contribution is -2.28. The van der Waals surface area contributed by atoms with Crippen LogP contribution in [0.5, 0.6) is 0 Å². The predicted octanol–water partition coefficient (Wildman–Crippen LogP) is 2.60. The lowest BCUT2D eigenvalue weighted by atomic mass is 10.3. The van der Waals surface area contributed by atoms with Crippen LogP contribution in [-0.2, 0) is 16.4 Å². The van der Waals surface area contributed by atoms with E-state index in [1.54, 1.807) is 11.3 Å². The molecule has 0 aliphatic carbocycles. The molecule has 1 heterocycles. The quantitative estimate of drug-likeness (QED) is 0.771. The zero-order valence-corrected chi connectivity index (χ0v) is 12.6. The van der Waals surface area contributed by atoms with E-state index in [0.29, 0.717) is 18.8 Å². The molecule has 1 rings (SSSR count). The molecule has 1 aromatic rings. The summed E-state index contributed by atoms with van der Waals surface area (Å²) in [7, 11) is -3.15. The highest BCUT2D eigenvalue weighted by Crippen LogP contribution is 2.22. The minimum Gasteiger partial charge on any atom is -0.215 e. The number of rotatable bonds is 7. The van der Waals surface area contributed by atoms with E-state index in [1.807, 2.05) is 12.1 Å². The Bertz CT molecular complexity index is 419. The molecule has 1 N–H and O–H groups in total. The molecule has 0 saturated carbocycles. The van der Waals surface area contributed by atoms with Gasteiger partial charge in [0.25, 0.3) is 0 Å². The highest BCUT2D eigenvalue weighted by Gasteiger charge is 2.08. The minimum atomic E-state index is -3.15. The summed E-state index contributed by atoms with van der Waals surface area (Å²) in [6.07, 6.45) is 1.21. The number of thiophene rings is 1. The summed E-state index contributed by atoms with van der Waals surface area (Å²) in [4.78, 5) is 1.16. The number of nitrogens with one attached hydrogen (secondary N) is 1. The van der Waals surface area contributed by atoms with Crippen molar-refractivity contribution in [1.29, 1.82) is 0 Å². The third kappa shape index (κ3) is 5.63.